The Morgan fingerprint density at radius 2 is 2.07 bits per heavy atom. The van der Waals surface area contributed by atoms with E-state index >= 15 is 0 Å². The highest BCUT2D eigenvalue weighted by Gasteiger charge is 2.34. The maximum atomic E-state index is 14.0. The molecule has 146 valence electrons. The lowest BCUT2D eigenvalue weighted by Gasteiger charge is -2.26. The predicted octanol–water partition coefficient (Wildman–Crippen LogP) is 1.75. The Labute approximate surface area is 161 Å². The first-order valence-electron chi connectivity index (χ1n) is 8.47. The molecule has 1 aromatic carbocycles. The summed E-state index contributed by atoms with van der Waals surface area (Å²) in [5.74, 6) is -0.0565. The van der Waals surface area contributed by atoms with Crippen molar-refractivity contribution in [3.8, 4) is 11.4 Å². The van der Waals surface area contributed by atoms with E-state index in [1.807, 2.05) is 0 Å². The van der Waals surface area contributed by atoms with Crippen LogP contribution in [0.3, 0.4) is 0 Å². The first-order chi connectivity index (χ1) is 12.7. The molecular formula is C17H21FN4O3S2. The molecule has 0 bridgehead atoms. The van der Waals surface area contributed by atoms with Crippen LogP contribution in [-0.4, -0.2) is 63.8 Å². The third-order valence-electron chi connectivity index (χ3n) is 4.68. The molecule has 1 aliphatic heterocycles. The van der Waals surface area contributed by atoms with Crippen LogP contribution >= 0.6 is 11.8 Å². The Hall–Kier alpha value is -1.94. The van der Waals surface area contributed by atoms with E-state index in [9.17, 15) is 17.6 Å². The van der Waals surface area contributed by atoms with Crippen molar-refractivity contribution in [1.82, 2.24) is 19.7 Å². The number of carbonyl (C=O) groups is 1. The van der Waals surface area contributed by atoms with Crippen LogP contribution in [-0.2, 0) is 21.7 Å². The van der Waals surface area contributed by atoms with E-state index in [1.54, 1.807) is 43.8 Å². The van der Waals surface area contributed by atoms with Gasteiger partial charge in [-0.05, 0) is 25.5 Å². The second kappa shape index (κ2) is 7.59. The van der Waals surface area contributed by atoms with Crippen molar-refractivity contribution in [2.45, 2.75) is 29.8 Å². The number of thioether (sulfide) groups is 1. The molecule has 7 nitrogen and oxygen atoms in total. The molecule has 2 heterocycles. The topological polar surface area (TPSA) is 85.2 Å². The number of hydrogen-bond acceptors (Lipinski definition) is 6. The Morgan fingerprint density at radius 1 is 1.37 bits per heavy atom. The number of amides is 1. The maximum absolute atomic E-state index is 14.0. The zero-order valence-corrected chi connectivity index (χ0v) is 16.9. The highest BCUT2D eigenvalue weighted by atomic mass is 32.2. The van der Waals surface area contributed by atoms with Gasteiger partial charge in [0.1, 0.15) is 5.82 Å². The molecule has 0 radical (unpaired) electrons. The molecule has 2 atom stereocenters. The van der Waals surface area contributed by atoms with Crippen LogP contribution in [0, 0.1) is 5.82 Å². The molecule has 3 rings (SSSR count). The first kappa shape index (κ1) is 19.8. The van der Waals surface area contributed by atoms with Gasteiger partial charge in [0.15, 0.2) is 20.8 Å². The van der Waals surface area contributed by atoms with E-state index < -0.39 is 20.9 Å². The minimum atomic E-state index is -3.06. The second-order valence-electron chi connectivity index (χ2n) is 6.61. The largest absolute Gasteiger partial charge is 0.341 e. The van der Waals surface area contributed by atoms with E-state index in [0.29, 0.717) is 23.0 Å². The highest BCUT2D eigenvalue weighted by Crippen LogP contribution is 2.28. The van der Waals surface area contributed by atoms with Gasteiger partial charge in [-0.15, -0.1) is 10.2 Å². The van der Waals surface area contributed by atoms with Crippen LogP contribution in [0.1, 0.15) is 13.3 Å². The van der Waals surface area contributed by atoms with Crippen LogP contribution in [0.2, 0.25) is 0 Å². The Bertz CT molecular complexity index is 961. The number of benzene rings is 1. The summed E-state index contributed by atoms with van der Waals surface area (Å²) in [4.78, 5) is 14.2. The average molecular weight is 413 g/mol. The summed E-state index contributed by atoms with van der Waals surface area (Å²) >= 11 is 1.21. The van der Waals surface area contributed by atoms with Crippen molar-refractivity contribution >= 4 is 27.5 Å². The lowest BCUT2D eigenvalue weighted by molar-refractivity contribution is -0.130. The first-order valence-corrected chi connectivity index (χ1v) is 11.2. The lowest BCUT2D eigenvalue weighted by Crippen LogP contribution is -2.41. The molecule has 0 N–H and O–H groups in total. The molecule has 1 aromatic heterocycles. The minimum Gasteiger partial charge on any atom is -0.341 e. The number of carbonyl (C=O) groups excluding carboxylic acids is 1. The van der Waals surface area contributed by atoms with Crippen molar-refractivity contribution < 1.29 is 17.6 Å². The number of halogens is 1. The molecule has 27 heavy (non-hydrogen) atoms. The summed E-state index contributed by atoms with van der Waals surface area (Å²) < 4.78 is 38.9. The van der Waals surface area contributed by atoms with Gasteiger partial charge in [-0.25, -0.2) is 12.8 Å². The van der Waals surface area contributed by atoms with Gasteiger partial charge in [0, 0.05) is 20.1 Å². The fraction of sp³-hybridized carbons (Fsp3) is 0.471. The molecule has 1 saturated heterocycles. The quantitative estimate of drug-likeness (QED) is 0.696. The molecular weight excluding hydrogens is 391 g/mol. The molecule has 1 aliphatic rings. The summed E-state index contributed by atoms with van der Waals surface area (Å²) in [7, 11) is 0.289. The summed E-state index contributed by atoms with van der Waals surface area (Å²) in [6.45, 7) is 1.74. The molecule has 10 heteroatoms. The summed E-state index contributed by atoms with van der Waals surface area (Å²) in [6.07, 6.45) is 0.462. The third-order valence-corrected chi connectivity index (χ3v) is 7.56. The molecule has 0 aliphatic carbocycles. The average Bonchev–Trinajstić information content (AvgIpc) is 3.17. The van der Waals surface area contributed by atoms with E-state index in [2.05, 4.69) is 10.2 Å². The van der Waals surface area contributed by atoms with Gasteiger partial charge in [0.05, 0.1) is 22.3 Å². The van der Waals surface area contributed by atoms with Crippen LogP contribution in [0.25, 0.3) is 11.4 Å². The highest BCUT2D eigenvalue weighted by molar-refractivity contribution is 8.00. The van der Waals surface area contributed by atoms with Gasteiger partial charge in [-0.2, -0.15) is 0 Å². The Kier molecular flexibility index (Phi) is 5.57. The molecule has 2 aromatic rings. The smallest absolute Gasteiger partial charge is 0.235 e. The maximum Gasteiger partial charge on any atom is 0.235 e. The zero-order chi connectivity index (χ0) is 19.8. The lowest BCUT2D eigenvalue weighted by atomic mass is 10.2. The summed E-state index contributed by atoms with van der Waals surface area (Å²) in [6, 6.07) is 6.00. The van der Waals surface area contributed by atoms with Crippen LogP contribution in [0.15, 0.2) is 29.4 Å². The SMILES string of the molecule is C[C@@H](Sc1nnc(-c2ccccc2F)n1C)C(=O)N(C)[C@H]1CCS(=O)(=O)C1. The van der Waals surface area contributed by atoms with Gasteiger partial charge >= 0.3 is 0 Å². The van der Waals surface area contributed by atoms with Gasteiger partial charge in [0.2, 0.25) is 5.91 Å². The molecule has 0 spiro atoms. The normalized spacial score (nSPS) is 19.8. The van der Waals surface area contributed by atoms with Gasteiger partial charge in [-0.1, -0.05) is 23.9 Å². The number of aromatic nitrogens is 3. The summed E-state index contributed by atoms with van der Waals surface area (Å²) in [5.41, 5.74) is 0.339. The Morgan fingerprint density at radius 3 is 2.70 bits per heavy atom. The van der Waals surface area contributed by atoms with Gasteiger partial charge in [0.25, 0.3) is 0 Å². The van der Waals surface area contributed by atoms with Crippen LogP contribution in [0.5, 0.6) is 0 Å². The number of rotatable bonds is 5. The number of sulfone groups is 1. The van der Waals surface area contributed by atoms with Crippen LogP contribution < -0.4 is 0 Å². The fourth-order valence-electron chi connectivity index (χ4n) is 3.05. The predicted molar refractivity (Wildman–Crippen MR) is 102 cm³/mol. The second-order valence-corrected chi connectivity index (χ2v) is 10.1. The molecule has 0 unspecified atom stereocenters. The number of hydrogen-bond donors (Lipinski definition) is 0. The fourth-order valence-corrected chi connectivity index (χ4v) is 5.74. The van der Waals surface area contributed by atoms with Crippen LogP contribution in [0.4, 0.5) is 4.39 Å². The third kappa shape index (κ3) is 4.16. The van der Waals surface area contributed by atoms with E-state index in [-0.39, 0.29) is 23.5 Å². The standard InChI is InChI=1S/C17H21FN4O3S2/c1-11(16(23)21(2)12-8-9-27(24,25)10-12)26-17-20-19-15(22(17)3)13-6-4-5-7-14(13)18/h4-7,11-12H,8-10H2,1-3H3/t11-,12+/m1/s1. The minimum absolute atomic E-state index is 0.00796. The molecule has 1 amide bonds. The van der Waals surface area contributed by atoms with Gasteiger partial charge in [-0.3, -0.25) is 4.79 Å². The van der Waals surface area contributed by atoms with Crippen molar-refractivity contribution in [3.63, 3.8) is 0 Å². The van der Waals surface area contributed by atoms with Crippen molar-refractivity contribution in [1.29, 1.82) is 0 Å². The van der Waals surface area contributed by atoms with Gasteiger partial charge < -0.3 is 9.47 Å². The van der Waals surface area contributed by atoms with E-state index in [1.165, 1.54) is 22.7 Å². The zero-order valence-electron chi connectivity index (χ0n) is 15.3. The van der Waals surface area contributed by atoms with Crippen molar-refractivity contribution in [3.05, 3.63) is 30.1 Å². The van der Waals surface area contributed by atoms with E-state index in [4.69, 9.17) is 0 Å². The monoisotopic (exact) mass is 412 g/mol. The molecule has 0 saturated carbocycles. The van der Waals surface area contributed by atoms with E-state index in [0.717, 1.165) is 0 Å². The van der Waals surface area contributed by atoms with Crippen molar-refractivity contribution in [2.75, 3.05) is 18.6 Å². The summed E-state index contributed by atoms with van der Waals surface area (Å²) in [5, 5.41) is 8.14. The van der Waals surface area contributed by atoms with Crippen molar-refractivity contribution in [2.24, 2.45) is 7.05 Å². The number of nitrogens with zero attached hydrogens (tertiary/aromatic N) is 4. The molecule has 1 fully saturated rings. The Balaban J connectivity index is 1.72.